The number of hydrogen-bond acceptors (Lipinski definition) is 5. The molecule has 0 saturated heterocycles. The van der Waals surface area contributed by atoms with Gasteiger partial charge in [-0.15, -0.1) is 0 Å². The lowest BCUT2D eigenvalue weighted by molar-refractivity contribution is 0.0527. The van der Waals surface area contributed by atoms with Crippen molar-refractivity contribution in [2.45, 2.75) is 27.7 Å². The summed E-state index contributed by atoms with van der Waals surface area (Å²) in [5.41, 5.74) is 4.29. The van der Waals surface area contributed by atoms with Crippen LogP contribution in [0.15, 0.2) is 46.9 Å². The number of carbonyl (C=O) groups is 2. The topological polar surface area (TPSA) is 75.3 Å². The third kappa shape index (κ3) is 4.48. The van der Waals surface area contributed by atoms with Crippen molar-refractivity contribution in [2.75, 3.05) is 13.2 Å². The first-order valence-electron chi connectivity index (χ1n) is 10.7. The number of hydrogen-bond donors (Lipinski definition) is 0. The van der Waals surface area contributed by atoms with Crippen molar-refractivity contribution >= 4 is 50.3 Å². The second-order valence-corrected chi connectivity index (χ2v) is 9.10. The number of carbonyl (C=O) groups excluding carboxylic acids is 2. The summed E-state index contributed by atoms with van der Waals surface area (Å²) in [7, 11) is 0. The summed E-state index contributed by atoms with van der Waals surface area (Å²) >= 11 is 9.63. The predicted molar refractivity (Wildman–Crippen MR) is 135 cm³/mol. The van der Waals surface area contributed by atoms with Crippen LogP contribution in [0, 0.1) is 20.8 Å². The average Bonchev–Trinajstić information content (AvgIpc) is 3.27. The average molecular weight is 545 g/mol. The van der Waals surface area contributed by atoms with Crippen LogP contribution in [0.2, 0.25) is 5.02 Å². The van der Waals surface area contributed by atoms with Crippen LogP contribution in [0.5, 0.6) is 5.75 Å². The first-order chi connectivity index (χ1) is 16.2. The van der Waals surface area contributed by atoms with Gasteiger partial charge in [-0.3, -0.25) is 4.79 Å². The summed E-state index contributed by atoms with van der Waals surface area (Å²) in [4.78, 5) is 25.5. The Bertz CT molecular complexity index is 1410. The van der Waals surface area contributed by atoms with Crippen molar-refractivity contribution in [1.29, 1.82) is 0 Å². The molecule has 0 bridgehead atoms. The van der Waals surface area contributed by atoms with Gasteiger partial charge >= 0.3 is 5.97 Å². The van der Waals surface area contributed by atoms with E-state index < -0.39 is 5.97 Å². The zero-order valence-corrected chi connectivity index (χ0v) is 21.5. The Morgan fingerprint density at radius 2 is 1.79 bits per heavy atom. The Morgan fingerprint density at radius 1 is 1.09 bits per heavy atom. The fourth-order valence-corrected chi connectivity index (χ4v) is 4.56. The minimum atomic E-state index is -0.426. The zero-order valence-electron chi connectivity index (χ0n) is 19.2. The van der Waals surface area contributed by atoms with Crippen LogP contribution < -0.4 is 4.74 Å². The lowest BCUT2D eigenvalue weighted by atomic mass is 10.1. The second-order valence-electron chi connectivity index (χ2n) is 7.81. The van der Waals surface area contributed by atoms with E-state index in [2.05, 4.69) is 21.0 Å². The van der Waals surface area contributed by atoms with E-state index in [1.807, 2.05) is 49.6 Å². The Hall–Kier alpha value is -3.10. The van der Waals surface area contributed by atoms with Gasteiger partial charge in [0.05, 0.1) is 27.9 Å². The molecule has 2 aromatic heterocycles. The number of benzene rings is 2. The van der Waals surface area contributed by atoms with E-state index in [-0.39, 0.29) is 19.1 Å². The first kappa shape index (κ1) is 24.0. The van der Waals surface area contributed by atoms with Gasteiger partial charge in [0.15, 0.2) is 6.61 Å². The Labute approximate surface area is 210 Å². The highest BCUT2D eigenvalue weighted by Crippen LogP contribution is 2.37. The number of fused-ring (bicyclic) bond motifs is 1. The number of ether oxygens (including phenoxy) is 2. The third-order valence-corrected chi connectivity index (χ3v) is 6.29. The van der Waals surface area contributed by atoms with Gasteiger partial charge < -0.3 is 14.0 Å². The summed E-state index contributed by atoms with van der Waals surface area (Å²) in [6.45, 7) is 7.31. The first-order valence-corrected chi connectivity index (χ1v) is 11.8. The van der Waals surface area contributed by atoms with E-state index in [4.69, 9.17) is 21.1 Å². The molecule has 34 heavy (non-hydrogen) atoms. The minimum absolute atomic E-state index is 0.211. The van der Waals surface area contributed by atoms with Gasteiger partial charge in [0.25, 0.3) is 5.91 Å². The van der Waals surface area contributed by atoms with Crippen molar-refractivity contribution in [1.82, 2.24) is 14.3 Å². The molecule has 2 heterocycles. The van der Waals surface area contributed by atoms with Crippen LogP contribution in [0.4, 0.5) is 0 Å². The van der Waals surface area contributed by atoms with Crippen molar-refractivity contribution in [3.8, 4) is 11.4 Å². The molecular formula is C25H23BrClN3O4. The largest absolute Gasteiger partial charge is 0.482 e. The molecule has 9 heteroatoms. The molecule has 7 nitrogen and oxygen atoms in total. The molecule has 0 saturated carbocycles. The van der Waals surface area contributed by atoms with Crippen LogP contribution in [0.1, 0.15) is 39.2 Å². The molecule has 0 atom stereocenters. The van der Waals surface area contributed by atoms with E-state index in [1.54, 1.807) is 25.1 Å². The quantitative estimate of drug-likeness (QED) is 0.276. The fraction of sp³-hybridized carbons (Fsp3) is 0.240. The van der Waals surface area contributed by atoms with Gasteiger partial charge in [-0.1, -0.05) is 11.6 Å². The van der Waals surface area contributed by atoms with Crippen LogP contribution in [-0.4, -0.2) is 39.4 Å². The highest BCUT2D eigenvalue weighted by molar-refractivity contribution is 9.10. The molecule has 0 aliphatic carbocycles. The molecule has 4 rings (SSSR count). The monoisotopic (exact) mass is 543 g/mol. The Kier molecular flexibility index (Phi) is 6.81. The number of rotatable bonds is 6. The van der Waals surface area contributed by atoms with Gasteiger partial charge in [-0.2, -0.15) is 5.10 Å². The molecule has 0 aliphatic heterocycles. The van der Waals surface area contributed by atoms with Crippen LogP contribution in [-0.2, 0) is 4.74 Å². The predicted octanol–water partition coefficient (Wildman–Crippen LogP) is 6.06. The van der Waals surface area contributed by atoms with Crippen LogP contribution in [0.3, 0.4) is 0 Å². The smallest absolute Gasteiger partial charge is 0.340 e. The molecule has 2 aromatic carbocycles. The lowest BCUT2D eigenvalue weighted by Crippen LogP contribution is -2.21. The Morgan fingerprint density at radius 3 is 2.41 bits per heavy atom. The van der Waals surface area contributed by atoms with E-state index in [9.17, 15) is 9.59 Å². The van der Waals surface area contributed by atoms with Gasteiger partial charge in [-0.05, 0) is 86.1 Å². The molecule has 4 aromatic rings. The standard InChI is InChI=1S/C25H23BrClN3O4/c1-5-33-25(32)24-16(4)29(18-8-6-17(27)7-9-18)21-12-20(26)22(11-19(21)24)34-13-23(31)30-15(3)10-14(2)28-30/h6-12H,5,13H2,1-4H3. The number of esters is 1. The van der Waals surface area contributed by atoms with Crippen molar-refractivity contribution in [2.24, 2.45) is 0 Å². The minimum Gasteiger partial charge on any atom is -0.482 e. The summed E-state index contributed by atoms with van der Waals surface area (Å²) in [6, 6.07) is 12.8. The van der Waals surface area contributed by atoms with Crippen LogP contribution in [0.25, 0.3) is 16.6 Å². The maximum Gasteiger partial charge on any atom is 0.340 e. The fourth-order valence-electron chi connectivity index (χ4n) is 3.99. The summed E-state index contributed by atoms with van der Waals surface area (Å²) < 4.78 is 15.1. The highest BCUT2D eigenvalue weighted by Gasteiger charge is 2.24. The third-order valence-electron chi connectivity index (χ3n) is 5.42. The van der Waals surface area contributed by atoms with E-state index in [0.29, 0.717) is 26.2 Å². The van der Waals surface area contributed by atoms with Gasteiger partial charge in [0.2, 0.25) is 0 Å². The van der Waals surface area contributed by atoms with Gasteiger partial charge in [0, 0.05) is 27.5 Å². The molecule has 0 N–H and O–H groups in total. The maximum absolute atomic E-state index is 12.9. The molecule has 0 unspecified atom stereocenters. The van der Waals surface area contributed by atoms with Crippen molar-refractivity contribution < 1.29 is 19.1 Å². The molecule has 0 radical (unpaired) electrons. The summed E-state index contributed by atoms with van der Waals surface area (Å²) in [5, 5.41) is 5.48. The number of nitrogens with zero attached hydrogens (tertiary/aromatic N) is 3. The van der Waals surface area contributed by atoms with Crippen molar-refractivity contribution in [3.05, 3.63) is 74.6 Å². The molecule has 176 valence electrons. The molecular weight excluding hydrogens is 522 g/mol. The zero-order chi connectivity index (χ0) is 24.6. The number of aromatic nitrogens is 3. The summed E-state index contributed by atoms with van der Waals surface area (Å²) in [5.74, 6) is -0.288. The highest BCUT2D eigenvalue weighted by atomic mass is 79.9. The number of aryl methyl sites for hydroxylation is 2. The normalized spacial score (nSPS) is 11.1. The lowest BCUT2D eigenvalue weighted by Gasteiger charge is -2.11. The van der Waals surface area contributed by atoms with E-state index in [1.165, 1.54) is 4.68 Å². The summed E-state index contributed by atoms with van der Waals surface area (Å²) in [6.07, 6.45) is 0. The molecule has 0 aliphatic rings. The van der Waals surface area contributed by atoms with E-state index in [0.717, 1.165) is 28.3 Å². The van der Waals surface area contributed by atoms with Gasteiger partial charge in [0.1, 0.15) is 5.75 Å². The SMILES string of the molecule is CCOC(=O)c1c(C)n(-c2ccc(Cl)cc2)c2cc(Br)c(OCC(=O)n3nc(C)cc3C)cc12. The van der Waals surface area contributed by atoms with Gasteiger partial charge in [-0.25, -0.2) is 9.48 Å². The molecule has 0 fully saturated rings. The van der Waals surface area contributed by atoms with Crippen molar-refractivity contribution in [3.63, 3.8) is 0 Å². The molecule has 0 spiro atoms. The number of halogens is 2. The second kappa shape index (κ2) is 9.64. The Balaban J connectivity index is 1.78. The van der Waals surface area contributed by atoms with Crippen LogP contribution >= 0.6 is 27.5 Å². The molecule has 0 amide bonds. The van der Waals surface area contributed by atoms with E-state index >= 15 is 0 Å². The maximum atomic E-state index is 12.9.